The van der Waals surface area contributed by atoms with Gasteiger partial charge in [0.25, 0.3) is 5.56 Å². The predicted octanol–water partition coefficient (Wildman–Crippen LogP) is 3.58. The first-order valence-electron chi connectivity index (χ1n) is 10.1. The zero-order chi connectivity index (χ0) is 22.5. The van der Waals surface area contributed by atoms with Gasteiger partial charge in [-0.1, -0.05) is 24.3 Å². The molecule has 164 valence electrons. The van der Waals surface area contributed by atoms with Crippen LogP contribution in [0.2, 0.25) is 0 Å². The van der Waals surface area contributed by atoms with E-state index in [-0.39, 0.29) is 18.1 Å². The first kappa shape index (κ1) is 22.2. The highest BCUT2D eigenvalue weighted by molar-refractivity contribution is 5.82. The number of rotatable bonds is 7. The summed E-state index contributed by atoms with van der Waals surface area (Å²) in [6, 6.07) is 13.3. The number of amides is 2. The molecule has 3 rings (SSSR count). The number of aromatic nitrogens is 1. The molecule has 1 aromatic heterocycles. The summed E-state index contributed by atoms with van der Waals surface area (Å²) in [4.78, 5) is 31.7. The highest BCUT2D eigenvalue weighted by Crippen LogP contribution is 2.27. The first-order valence-corrected chi connectivity index (χ1v) is 10.1. The Kier molecular flexibility index (Phi) is 6.84. The Morgan fingerprint density at radius 1 is 1.03 bits per heavy atom. The van der Waals surface area contributed by atoms with Crippen LogP contribution in [0, 0.1) is 6.92 Å². The van der Waals surface area contributed by atoms with Crippen molar-refractivity contribution in [3.8, 4) is 11.5 Å². The van der Waals surface area contributed by atoms with Crippen LogP contribution in [0.5, 0.6) is 11.5 Å². The van der Waals surface area contributed by atoms with Crippen LogP contribution in [0.15, 0.2) is 47.3 Å². The summed E-state index contributed by atoms with van der Waals surface area (Å²) in [7, 11) is 6.61. The lowest BCUT2D eigenvalue weighted by Gasteiger charge is -2.26. The van der Waals surface area contributed by atoms with Gasteiger partial charge in [0.05, 0.1) is 26.3 Å². The van der Waals surface area contributed by atoms with E-state index in [0.717, 1.165) is 22.0 Å². The van der Waals surface area contributed by atoms with E-state index in [1.54, 1.807) is 33.2 Å². The highest BCUT2D eigenvalue weighted by Gasteiger charge is 2.18. The molecule has 0 atom stereocenters. The Morgan fingerprint density at radius 3 is 2.45 bits per heavy atom. The number of H-pyrrole nitrogens is 1. The smallest absolute Gasteiger partial charge is 0.319 e. The lowest BCUT2D eigenvalue weighted by molar-refractivity contribution is 0.168. The summed E-state index contributed by atoms with van der Waals surface area (Å²) in [5.74, 6) is 1.30. The molecule has 0 saturated carbocycles. The maximum absolute atomic E-state index is 12.8. The van der Waals surface area contributed by atoms with E-state index in [1.807, 2.05) is 49.4 Å². The highest BCUT2D eigenvalue weighted by atomic mass is 16.5. The standard InChI is InChI=1S/C24H29N3O4/c1-16-7-6-8-18-14-19(23(28)25-22(16)18)15-27(24(29)26(2)3)12-11-17-9-10-20(30-4)21(13-17)31-5/h6-10,13-14H,11-12,15H2,1-5H3,(H,25,28). The molecule has 0 radical (unpaired) electrons. The topological polar surface area (TPSA) is 74.9 Å². The fourth-order valence-corrected chi connectivity index (χ4v) is 3.58. The van der Waals surface area contributed by atoms with Gasteiger partial charge in [-0.3, -0.25) is 4.79 Å². The van der Waals surface area contributed by atoms with Crippen LogP contribution in [0.25, 0.3) is 10.9 Å². The number of fused-ring (bicyclic) bond motifs is 1. The Labute approximate surface area is 182 Å². The number of ether oxygens (including phenoxy) is 2. The zero-order valence-electron chi connectivity index (χ0n) is 18.7. The summed E-state index contributed by atoms with van der Waals surface area (Å²) in [5, 5.41) is 0.951. The molecular formula is C24H29N3O4. The van der Waals surface area contributed by atoms with E-state index < -0.39 is 0 Å². The molecule has 0 aliphatic carbocycles. The third-order valence-electron chi connectivity index (χ3n) is 5.30. The van der Waals surface area contributed by atoms with Crippen LogP contribution in [-0.4, -0.2) is 55.7 Å². The number of aryl methyl sites for hydroxylation is 1. The quantitative estimate of drug-likeness (QED) is 0.630. The molecule has 2 aromatic carbocycles. The predicted molar refractivity (Wildman–Crippen MR) is 122 cm³/mol. The number of benzene rings is 2. The molecule has 31 heavy (non-hydrogen) atoms. The van der Waals surface area contributed by atoms with Gasteiger partial charge in [-0.25, -0.2) is 4.79 Å². The monoisotopic (exact) mass is 423 g/mol. The van der Waals surface area contributed by atoms with Crippen LogP contribution < -0.4 is 15.0 Å². The van der Waals surface area contributed by atoms with E-state index in [9.17, 15) is 9.59 Å². The van der Waals surface area contributed by atoms with Crippen molar-refractivity contribution in [1.29, 1.82) is 0 Å². The number of carbonyl (C=O) groups is 1. The van der Waals surface area contributed by atoms with Crippen LogP contribution in [-0.2, 0) is 13.0 Å². The maximum atomic E-state index is 12.8. The van der Waals surface area contributed by atoms with Crippen molar-refractivity contribution < 1.29 is 14.3 Å². The summed E-state index contributed by atoms with van der Waals surface area (Å²) >= 11 is 0. The minimum atomic E-state index is -0.176. The van der Waals surface area contributed by atoms with Crippen molar-refractivity contribution in [2.24, 2.45) is 0 Å². The van der Waals surface area contributed by atoms with Crippen molar-refractivity contribution in [3.05, 3.63) is 69.5 Å². The third kappa shape index (κ3) is 4.99. The number of nitrogens with zero attached hydrogens (tertiary/aromatic N) is 2. The molecule has 0 fully saturated rings. The van der Waals surface area contributed by atoms with Gasteiger partial charge in [0.15, 0.2) is 11.5 Å². The molecule has 0 saturated heterocycles. The molecule has 3 aromatic rings. The van der Waals surface area contributed by atoms with Crippen LogP contribution in [0.1, 0.15) is 16.7 Å². The van der Waals surface area contributed by atoms with E-state index in [0.29, 0.717) is 30.0 Å². The zero-order valence-corrected chi connectivity index (χ0v) is 18.7. The second-order valence-corrected chi connectivity index (χ2v) is 7.70. The molecule has 0 aliphatic rings. The number of aromatic amines is 1. The van der Waals surface area contributed by atoms with Gasteiger partial charge >= 0.3 is 6.03 Å². The van der Waals surface area contributed by atoms with E-state index >= 15 is 0 Å². The van der Waals surface area contributed by atoms with Crippen molar-refractivity contribution in [3.63, 3.8) is 0 Å². The van der Waals surface area contributed by atoms with Crippen molar-refractivity contribution in [2.45, 2.75) is 19.9 Å². The summed E-state index contributed by atoms with van der Waals surface area (Å²) < 4.78 is 10.7. The molecule has 0 spiro atoms. The van der Waals surface area contributed by atoms with Crippen LogP contribution in [0.3, 0.4) is 0 Å². The van der Waals surface area contributed by atoms with Crippen LogP contribution in [0.4, 0.5) is 4.79 Å². The van der Waals surface area contributed by atoms with Gasteiger partial charge in [0.2, 0.25) is 0 Å². The van der Waals surface area contributed by atoms with Gasteiger partial charge in [-0.2, -0.15) is 0 Å². The molecule has 1 N–H and O–H groups in total. The summed E-state index contributed by atoms with van der Waals surface area (Å²) in [5.41, 5.74) is 3.23. The average molecular weight is 424 g/mol. The third-order valence-corrected chi connectivity index (χ3v) is 5.30. The molecule has 7 nitrogen and oxygen atoms in total. The lowest BCUT2D eigenvalue weighted by Crippen LogP contribution is -2.41. The molecule has 0 aliphatic heterocycles. The number of hydrogen-bond donors (Lipinski definition) is 1. The van der Waals surface area contributed by atoms with Crippen molar-refractivity contribution >= 4 is 16.9 Å². The van der Waals surface area contributed by atoms with Gasteiger partial charge < -0.3 is 24.3 Å². The Balaban J connectivity index is 1.85. The maximum Gasteiger partial charge on any atom is 0.319 e. The van der Waals surface area contributed by atoms with Crippen LogP contribution >= 0.6 is 0 Å². The fraction of sp³-hybridized carbons (Fsp3) is 0.333. The normalized spacial score (nSPS) is 10.7. The summed E-state index contributed by atoms with van der Waals surface area (Å²) in [6.07, 6.45) is 0.616. The second-order valence-electron chi connectivity index (χ2n) is 7.70. The number of hydrogen-bond acceptors (Lipinski definition) is 4. The average Bonchev–Trinajstić information content (AvgIpc) is 2.76. The Morgan fingerprint density at radius 2 is 1.77 bits per heavy atom. The number of urea groups is 1. The number of pyridine rings is 1. The molecule has 0 unspecified atom stereocenters. The minimum absolute atomic E-state index is 0.149. The van der Waals surface area contributed by atoms with E-state index in [1.165, 1.54) is 4.90 Å². The Hall–Kier alpha value is -3.48. The number of nitrogens with one attached hydrogen (secondary N) is 1. The number of para-hydroxylation sites is 1. The van der Waals surface area contributed by atoms with Gasteiger partial charge in [0, 0.05) is 26.2 Å². The minimum Gasteiger partial charge on any atom is -0.493 e. The first-order chi connectivity index (χ1) is 14.8. The van der Waals surface area contributed by atoms with Gasteiger partial charge in [0.1, 0.15) is 0 Å². The fourth-order valence-electron chi connectivity index (χ4n) is 3.58. The molecular weight excluding hydrogens is 394 g/mol. The SMILES string of the molecule is COc1ccc(CCN(Cc2cc3cccc(C)c3[nH]c2=O)C(=O)N(C)C)cc1OC. The molecule has 7 heteroatoms. The number of methoxy groups -OCH3 is 2. The van der Waals surface area contributed by atoms with Crippen molar-refractivity contribution in [2.75, 3.05) is 34.9 Å². The summed E-state index contributed by atoms with van der Waals surface area (Å²) in [6.45, 7) is 2.64. The Bertz CT molecular complexity index is 1140. The van der Waals surface area contributed by atoms with Gasteiger partial charge in [-0.15, -0.1) is 0 Å². The van der Waals surface area contributed by atoms with Crippen molar-refractivity contribution in [1.82, 2.24) is 14.8 Å². The van der Waals surface area contributed by atoms with E-state index in [2.05, 4.69) is 4.98 Å². The lowest BCUT2D eigenvalue weighted by atomic mass is 10.1. The molecule has 0 bridgehead atoms. The molecule has 2 amide bonds. The second kappa shape index (κ2) is 9.55. The molecule has 1 heterocycles. The number of carbonyl (C=O) groups excluding carboxylic acids is 1. The van der Waals surface area contributed by atoms with E-state index in [4.69, 9.17) is 9.47 Å². The van der Waals surface area contributed by atoms with Gasteiger partial charge in [-0.05, 0) is 48.1 Å². The largest absolute Gasteiger partial charge is 0.493 e.